The van der Waals surface area contributed by atoms with Gasteiger partial charge in [-0.25, -0.2) is 4.99 Å². The van der Waals surface area contributed by atoms with Crippen molar-refractivity contribution in [3.63, 3.8) is 0 Å². The minimum atomic E-state index is -4.25. The number of hydrogen-bond acceptors (Lipinski definition) is 1. The first-order chi connectivity index (χ1) is 7.79. The first-order valence-electron chi connectivity index (χ1n) is 5.96. The number of halogens is 3. The standard InChI is InChI=1S/C11H20F3N3/c1-8(2)17(7-11(12,13)14)10(15)16-9-5-3-4-6-9/h8-9H,3-7H2,1-2H3,(H2,15,16). The lowest BCUT2D eigenvalue weighted by atomic mass is 10.3. The molecule has 1 saturated carbocycles. The number of hydrogen-bond donors (Lipinski definition) is 1. The van der Waals surface area contributed by atoms with Gasteiger partial charge in [0.25, 0.3) is 0 Å². The van der Waals surface area contributed by atoms with Crippen molar-refractivity contribution in [1.82, 2.24) is 4.90 Å². The Morgan fingerprint density at radius 3 is 2.29 bits per heavy atom. The smallest absolute Gasteiger partial charge is 0.370 e. The van der Waals surface area contributed by atoms with Crippen LogP contribution in [-0.4, -0.2) is 35.7 Å². The van der Waals surface area contributed by atoms with E-state index >= 15 is 0 Å². The zero-order valence-electron chi connectivity index (χ0n) is 10.3. The van der Waals surface area contributed by atoms with E-state index in [9.17, 15) is 13.2 Å². The van der Waals surface area contributed by atoms with Crippen LogP contribution in [0.2, 0.25) is 0 Å². The third-order valence-electron chi connectivity index (χ3n) is 2.91. The van der Waals surface area contributed by atoms with Gasteiger partial charge in [0.1, 0.15) is 6.54 Å². The van der Waals surface area contributed by atoms with Crippen molar-refractivity contribution in [2.45, 2.75) is 57.8 Å². The maximum atomic E-state index is 12.4. The van der Waals surface area contributed by atoms with Gasteiger partial charge in [0, 0.05) is 6.04 Å². The highest BCUT2D eigenvalue weighted by molar-refractivity contribution is 5.78. The number of aliphatic imine (C=N–C) groups is 1. The summed E-state index contributed by atoms with van der Waals surface area (Å²) in [7, 11) is 0. The molecule has 3 nitrogen and oxygen atoms in total. The van der Waals surface area contributed by atoms with Crippen LogP contribution < -0.4 is 5.73 Å². The summed E-state index contributed by atoms with van der Waals surface area (Å²) in [6, 6.07) is -0.203. The molecule has 0 bridgehead atoms. The Morgan fingerprint density at radius 1 is 1.35 bits per heavy atom. The first kappa shape index (κ1) is 14.1. The van der Waals surface area contributed by atoms with Gasteiger partial charge in [-0.2, -0.15) is 13.2 Å². The van der Waals surface area contributed by atoms with E-state index in [4.69, 9.17) is 5.73 Å². The van der Waals surface area contributed by atoms with Crippen molar-refractivity contribution in [3.05, 3.63) is 0 Å². The second-order valence-electron chi connectivity index (χ2n) is 4.76. The van der Waals surface area contributed by atoms with Crippen LogP contribution in [0.4, 0.5) is 13.2 Å². The zero-order valence-corrected chi connectivity index (χ0v) is 10.3. The zero-order chi connectivity index (χ0) is 13.1. The molecule has 6 heteroatoms. The van der Waals surface area contributed by atoms with Gasteiger partial charge in [-0.15, -0.1) is 0 Å². The van der Waals surface area contributed by atoms with E-state index in [2.05, 4.69) is 4.99 Å². The molecule has 1 fully saturated rings. The molecule has 0 aliphatic heterocycles. The minimum Gasteiger partial charge on any atom is -0.370 e. The number of nitrogens with two attached hydrogens (primary N) is 1. The summed E-state index contributed by atoms with van der Waals surface area (Å²) in [5, 5.41) is 0. The Labute approximate surface area is 99.9 Å². The summed E-state index contributed by atoms with van der Waals surface area (Å²) in [6.45, 7) is 2.33. The van der Waals surface area contributed by atoms with E-state index in [1.165, 1.54) is 0 Å². The van der Waals surface area contributed by atoms with Crippen molar-refractivity contribution in [2.24, 2.45) is 10.7 Å². The number of nitrogens with zero attached hydrogens (tertiary/aromatic N) is 2. The highest BCUT2D eigenvalue weighted by Crippen LogP contribution is 2.22. The lowest BCUT2D eigenvalue weighted by Gasteiger charge is -2.29. The lowest BCUT2D eigenvalue weighted by molar-refractivity contribution is -0.140. The second-order valence-corrected chi connectivity index (χ2v) is 4.76. The Balaban J connectivity index is 2.68. The molecule has 0 aromatic heterocycles. The van der Waals surface area contributed by atoms with Gasteiger partial charge in [0.05, 0.1) is 6.04 Å². The monoisotopic (exact) mass is 251 g/mol. The Hall–Kier alpha value is -0.940. The Morgan fingerprint density at radius 2 is 1.88 bits per heavy atom. The highest BCUT2D eigenvalue weighted by Gasteiger charge is 2.33. The average Bonchev–Trinajstić information content (AvgIpc) is 2.64. The molecule has 0 aromatic rings. The molecule has 1 rings (SSSR count). The molecule has 0 atom stereocenters. The van der Waals surface area contributed by atoms with Crippen LogP contribution >= 0.6 is 0 Å². The molecular weight excluding hydrogens is 231 g/mol. The fourth-order valence-corrected chi connectivity index (χ4v) is 2.02. The minimum absolute atomic E-state index is 0.0178. The van der Waals surface area contributed by atoms with Crippen LogP contribution in [0.5, 0.6) is 0 Å². The topological polar surface area (TPSA) is 41.6 Å². The Bertz CT molecular complexity index is 268. The van der Waals surface area contributed by atoms with Crippen LogP contribution in [-0.2, 0) is 0 Å². The molecule has 0 unspecified atom stereocenters. The fraction of sp³-hybridized carbons (Fsp3) is 0.909. The van der Waals surface area contributed by atoms with E-state index in [0.717, 1.165) is 30.6 Å². The van der Waals surface area contributed by atoms with Crippen LogP contribution in [0.15, 0.2) is 4.99 Å². The fourth-order valence-electron chi connectivity index (χ4n) is 2.02. The number of alkyl halides is 3. The maximum Gasteiger partial charge on any atom is 0.406 e. The third-order valence-corrected chi connectivity index (χ3v) is 2.91. The largest absolute Gasteiger partial charge is 0.406 e. The van der Waals surface area contributed by atoms with Gasteiger partial charge in [-0.1, -0.05) is 12.8 Å². The third kappa shape index (κ3) is 4.83. The molecule has 0 saturated heterocycles. The number of rotatable bonds is 3. The van der Waals surface area contributed by atoms with Crippen molar-refractivity contribution >= 4 is 5.96 Å². The molecule has 0 heterocycles. The molecule has 100 valence electrons. The predicted molar refractivity (Wildman–Crippen MR) is 61.8 cm³/mol. The van der Waals surface area contributed by atoms with Crippen molar-refractivity contribution < 1.29 is 13.2 Å². The van der Waals surface area contributed by atoms with Gasteiger partial charge in [0.2, 0.25) is 0 Å². The molecule has 1 aliphatic carbocycles. The van der Waals surface area contributed by atoms with Gasteiger partial charge in [-0.3, -0.25) is 0 Å². The number of guanidine groups is 1. The molecule has 0 spiro atoms. The molecule has 17 heavy (non-hydrogen) atoms. The van der Waals surface area contributed by atoms with Gasteiger partial charge in [-0.05, 0) is 26.7 Å². The summed E-state index contributed by atoms with van der Waals surface area (Å²) < 4.78 is 37.2. The van der Waals surface area contributed by atoms with Gasteiger partial charge >= 0.3 is 6.18 Å². The van der Waals surface area contributed by atoms with Crippen LogP contribution in [0.3, 0.4) is 0 Å². The predicted octanol–water partition coefficient (Wildman–Crippen LogP) is 2.52. The summed E-state index contributed by atoms with van der Waals surface area (Å²) >= 11 is 0. The van der Waals surface area contributed by atoms with Crippen molar-refractivity contribution in [2.75, 3.05) is 6.54 Å². The van der Waals surface area contributed by atoms with E-state index in [1.54, 1.807) is 13.8 Å². The summed E-state index contributed by atoms with van der Waals surface area (Å²) in [4.78, 5) is 5.31. The van der Waals surface area contributed by atoms with Crippen molar-refractivity contribution in [3.8, 4) is 0 Å². The maximum absolute atomic E-state index is 12.4. The normalized spacial score (nSPS) is 19.1. The average molecular weight is 251 g/mol. The van der Waals surface area contributed by atoms with Gasteiger partial charge in [0.15, 0.2) is 5.96 Å². The van der Waals surface area contributed by atoms with E-state index in [0.29, 0.717) is 0 Å². The van der Waals surface area contributed by atoms with Gasteiger partial charge < -0.3 is 10.6 Å². The van der Waals surface area contributed by atoms with Crippen LogP contribution in [0.25, 0.3) is 0 Å². The van der Waals surface area contributed by atoms with E-state index in [-0.39, 0.29) is 18.0 Å². The summed E-state index contributed by atoms with van der Waals surface area (Å²) in [5.41, 5.74) is 5.68. The SMILES string of the molecule is CC(C)N(CC(F)(F)F)C(N)=NC1CCCC1. The van der Waals surface area contributed by atoms with Crippen molar-refractivity contribution in [1.29, 1.82) is 0 Å². The second kappa shape index (κ2) is 5.60. The van der Waals surface area contributed by atoms with Crippen LogP contribution in [0, 0.1) is 0 Å². The van der Waals surface area contributed by atoms with Crippen LogP contribution in [0.1, 0.15) is 39.5 Å². The summed E-state index contributed by atoms with van der Waals surface area (Å²) in [5.74, 6) is 0.0178. The Kier molecular flexibility index (Phi) is 4.65. The van der Waals surface area contributed by atoms with E-state index in [1.807, 2.05) is 0 Å². The lowest BCUT2D eigenvalue weighted by Crippen LogP contribution is -2.47. The molecule has 0 aromatic carbocycles. The molecule has 2 N–H and O–H groups in total. The quantitative estimate of drug-likeness (QED) is 0.618. The molecule has 0 amide bonds. The highest BCUT2D eigenvalue weighted by atomic mass is 19.4. The van der Waals surface area contributed by atoms with E-state index < -0.39 is 12.7 Å². The summed E-state index contributed by atoms with van der Waals surface area (Å²) in [6.07, 6.45) is -0.220. The molecule has 1 aliphatic rings. The molecular formula is C11H20F3N3. The molecule has 0 radical (unpaired) electrons. The first-order valence-corrected chi connectivity index (χ1v) is 5.96.